The van der Waals surface area contributed by atoms with Crippen molar-refractivity contribution in [3.05, 3.63) is 0 Å². The van der Waals surface area contributed by atoms with Crippen molar-refractivity contribution in [1.82, 2.24) is 10.2 Å². The Morgan fingerprint density at radius 3 is 2.37 bits per heavy atom. The number of nitrogens with zero attached hydrogens (tertiary/aromatic N) is 2. The zero-order chi connectivity index (χ0) is 14.9. The summed E-state index contributed by atoms with van der Waals surface area (Å²) in [6, 6.07) is 2.23. The molecule has 0 aromatic carbocycles. The van der Waals surface area contributed by atoms with E-state index in [0.717, 1.165) is 32.5 Å². The van der Waals surface area contributed by atoms with Gasteiger partial charge in [-0.3, -0.25) is 4.79 Å². The second-order valence-electron chi connectivity index (χ2n) is 5.34. The van der Waals surface area contributed by atoms with Gasteiger partial charge >= 0.3 is 0 Å². The van der Waals surface area contributed by atoms with Gasteiger partial charge in [-0.1, -0.05) is 20.8 Å². The van der Waals surface area contributed by atoms with Gasteiger partial charge in [0.25, 0.3) is 0 Å². The zero-order valence-electron chi connectivity index (χ0n) is 13.1. The molecule has 0 saturated heterocycles. The zero-order valence-corrected chi connectivity index (χ0v) is 13.1. The Bertz CT molecular complexity index is 307. The van der Waals surface area contributed by atoms with Crippen molar-refractivity contribution in [2.75, 3.05) is 19.6 Å². The SMILES string of the molecule is CCN(CC)CCCC(C)NC(=O)C(C)(C#N)CC. The third-order valence-electron chi connectivity index (χ3n) is 3.84. The van der Waals surface area contributed by atoms with E-state index in [0.29, 0.717) is 6.42 Å². The Hall–Kier alpha value is -1.08. The molecule has 2 atom stereocenters. The molecule has 0 heterocycles. The Morgan fingerprint density at radius 1 is 1.37 bits per heavy atom. The van der Waals surface area contributed by atoms with Gasteiger partial charge in [-0.05, 0) is 52.7 Å². The Morgan fingerprint density at radius 2 is 1.95 bits per heavy atom. The van der Waals surface area contributed by atoms with Crippen LogP contribution < -0.4 is 5.32 Å². The molecule has 0 aliphatic rings. The molecular weight excluding hydrogens is 238 g/mol. The number of nitriles is 1. The molecule has 4 heteroatoms. The van der Waals surface area contributed by atoms with E-state index in [9.17, 15) is 4.79 Å². The van der Waals surface area contributed by atoms with Gasteiger partial charge in [0.05, 0.1) is 6.07 Å². The summed E-state index contributed by atoms with van der Waals surface area (Å²) in [6.07, 6.45) is 2.56. The molecule has 0 fully saturated rings. The number of carbonyl (C=O) groups is 1. The van der Waals surface area contributed by atoms with E-state index in [4.69, 9.17) is 5.26 Å². The number of amides is 1. The average Bonchev–Trinajstić information content (AvgIpc) is 2.42. The van der Waals surface area contributed by atoms with E-state index in [2.05, 4.69) is 30.1 Å². The summed E-state index contributed by atoms with van der Waals surface area (Å²) in [4.78, 5) is 14.4. The van der Waals surface area contributed by atoms with Gasteiger partial charge < -0.3 is 10.2 Å². The van der Waals surface area contributed by atoms with Crippen LogP contribution in [0.2, 0.25) is 0 Å². The average molecular weight is 267 g/mol. The number of rotatable bonds is 9. The van der Waals surface area contributed by atoms with Crippen LogP contribution in [0.4, 0.5) is 0 Å². The van der Waals surface area contributed by atoms with Crippen LogP contribution in [0.3, 0.4) is 0 Å². The number of hydrogen-bond donors (Lipinski definition) is 1. The maximum absolute atomic E-state index is 12.0. The highest BCUT2D eigenvalue weighted by molar-refractivity contribution is 5.85. The third-order valence-corrected chi connectivity index (χ3v) is 3.84. The fraction of sp³-hybridized carbons (Fsp3) is 0.867. The monoisotopic (exact) mass is 267 g/mol. The molecule has 110 valence electrons. The van der Waals surface area contributed by atoms with Gasteiger partial charge in [0.1, 0.15) is 5.41 Å². The summed E-state index contributed by atoms with van der Waals surface area (Å²) < 4.78 is 0. The summed E-state index contributed by atoms with van der Waals surface area (Å²) in [5, 5.41) is 12.0. The topological polar surface area (TPSA) is 56.1 Å². The number of hydrogen-bond acceptors (Lipinski definition) is 3. The van der Waals surface area contributed by atoms with Gasteiger partial charge in [-0.25, -0.2) is 0 Å². The van der Waals surface area contributed by atoms with Crippen LogP contribution in [0.5, 0.6) is 0 Å². The van der Waals surface area contributed by atoms with Crippen molar-refractivity contribution in [3.63, 3.8) is 0 Å². The Labute approximate surface area is 118 Å². The highest BCUT2D eigenvalue weighted by Crippen LogP contribution is 2.20. The minimum Gasteiger partial charge on any atom is -0.352 e. The maximum atomic E-state index is 12.0. The minimum absolute atomic E-state index is 0.127. The van der Waals surface area contributed by atoms with Crippen molar-refractivity contribution in [1.29, 1.82) is 5.26 Å². The highest BCUT2D eigenvalue weighted by Gasteiger charge is 2.31. The molecule has 0 aromatic rings. The second-order valence-corrected chi connectivity index (χ2v) is 5.34. The summed E-state index contributed by atoms with van der Waals surface area (Å²) in [6.45, 7) is 13.1. The van der Waals surface area contributed by atoms with Crippen LogP contribution in [0, 0.1) is 16.7 Å². The summed E-state index contributed by atoms with van der Waals surface area (Å²) in [7, 11) is 0. The highest BCUT2D eigenvalue weighted by atomic mass is 16.2. The standard InChI is InChI=1S/C15H29N3O/c1-6-15(5,12-16)14(19)17-13(4)10-9-11-18(7-2)8-3/h13H,6-11H2,1-5H3,(H,17,19). The van der Waals surface area contributed by atoms with E-state index in [1.165, 1.54) is 0 Å². The molecule has 2 unspecified atom stereocenters. The largest absolute Gasteiger partial charge is 0.352 e. The first-order valence-corrected chi connectivity index (χ1v) is 7.38. The van der Waals surface area contributed by atoms with Gasteiger partial charge in [0.15, 0.2) is 0 Å². The summed E-state index contributed by atoms with van der Waals surface area (Å²) in [5.41, 5.74) is -0.896. The number of carbonyl (C=O) groups excluding carboxylic acids is 1. The minimum atomic E-state index is -0.896. The van der Waals surface area contributed by atoms with Crippen molar-refractivity contribution in [2.45, 2.75) is 59.9 Å². The van der Waals surface area contributed by atoms with E-state index >= 15 is 0 Å². The lowest BCUT2D eigenvalue weighted by Gasteiger charge is -2.23. The Balaban J connectivity index is 4.09. The lowest BCUT2D eigenvalue weighted by atomic mass is 9.88. The predicted molar refractivity (Wildman–Crippen MR) is 78.6 cm³/mol. The van der Waals surface area contributed by atoms with E-state index in [1.807, 2.05) is 13.8 Å². The molecule has 1 amide bonds. The van der Waals surface area contributed by atoms with Crippen molar-refractivity contribution < 1.29 is 4.79 Å². The second kappa shape index (κ2) is 8.92. The van der Waals surface area contributed by atoms with Crippen LogP contribution in [0.25, 0.3) is 0 Å². The lowest BCUT2D eigenvalue weighted by molar-refractivity contribution is -0.128. The normalized spacial score (nSPS) is 15.6. The molecule has 4 nitrogen and oxygen atoms in total. The molecule has 0 radical (unpaired) electrons. The van der Waals surface area contributed by atoms with Crippen molar-refractivity contribution in [3.8, 4) is 6.07 Å². The van der Waals surface area contributed by atoms with Crippen LogP contribution in [0.1, 0.15) is 53.9 Å². The predicted octanol–water partition coefficient (Wildman–Crippen LogP) is 2.55. The van der Waals surface area contributed by atoms with Gasteiger partial charge in [-0.2, -0.15) is 5.26 Å². The fourth-order valence-electron chi connectivity index (χ4n) is 1.91. The van der Waals surface area contributed by atoms with Gasteiger partial charge in [0, 0.05) is 6.04 Å². The lowest BCUT2D eigenvalue weighted by Crippen LogP contribution is -2.42. The van der Waals surface area contributed by atoms with E-state index in [1.54, 1.807) is 6.92 Å². The van der Waals surface area contributed by atoms with Gasteiger partial charge in [0.2, 0.25) is 5.91 Å². The van der Waals surface area contributed by atoms with Crippen LogP contribution in [-0.2, 0) is 4.79 Å². The van der Waals surface area contributed by atoms with Crippen LogP contribution >= 0.6 is 0 Å². The Kier molecular flexibility index (Phi) is 8.42. The van der Waals surface area contributed by atoms with E-state index in [-0.39, 0.29) is 11.9 Å². The maximum Gasteiger partial charge on any atom is 0.240 e. The number of nitrogens with one attached hydrogen (secondary N) is 1. The fourth-order valence-corrected chi connectivity index (χ4v) is 1.91. The third kappa shape index (κ3) is 6.07. The molecule has 1 N–H and O–H groups in total. The van der Waals surface area contributed by atoms with Gasteiger partial charge in [-0.15, -0.1) is 0 Å². The molecule has 0 bridgehead atoms. The molecule has 0 aromatic heterocycles. The van der Waals surface area contributed by atoms with Crippen molar-refractivity contribution in [2.24, 2.45) is 5.41 Å². The summed E-state index contributed by atoms with van der Waals surface area (Å²) in [5.74, 6) is -0.146. The molecule has 0 aliphatic heterocycles. The molecule has 0 saturated carbocycles. The molecule has 0 spiro atoms. The smallest absolute Gasteiger partial charge is 0.240 e. The van der Waals surface area contributed by atoms with Crippen molar-refractivity contribution >= 4 is 5.91 Å². The summed E-state index contributed by atoms with van der Waals surface area (Å²) >= 11 is 0. The molecular formula is C15H29N3O. The quantitative estimate of drug-likeness (QED) is 0.698. The van der Waals surface area contributed by atoms with Crippen LogP contribution in [0.15, 0.2) is 0 Å². The van der Waals surface area contributed by atoms with E-state index < -0.39 is 5.41 Å². The molecule has 0 aliphatic carbocycles. The first kappa shape index (κ1) is 17.9. The molecule has 0 rings (SSSR count). The first-order chi connectivity index (χ1) is 8.93. The van der Waals surface area contributed by atoms with Crippen LogP contribution in [-0.4, -0.2) is 36.5 Å². The first-order valence-electron chi connectivity index (χ1n) is 7.38. The molecule has 19 heavy (non-hydrogen) atoms.